The minimum atomic E-state index is -0.150. The number of rotatable bonds is 6. The molecule has 0 fully saturated rings. The predicted molar refractivity (Wildman–Crippen MR) is 85.2 cm³/mol. The molecule has 0 spiro atoms. The Morgan fingerprint density at radius 2 is 1.95 bits per heavy atom. The van der Waals surface area contributed by atoms with Crippen LogP contribution in [0.5, 0.6) is 5.88 Å². The Labute approximate surface area is 134 Å². The molecule has 1 unspecified atom stereocenters. The number of aromatic nitrogens is 2. The first kappa shape index (κ1) is 16.0. The van der Waals surface area contributed by atoms with Crippen LogP contribution in [0.1, 0.15) is 30.6 Å². The van der Waals surface area contributed by atoms with Gasteiger partial charge in [-0.3, -0.25) is 4.98 Å². The highest BCUT2D eigenvalue weighted by molar-refractivity contribution is 6.42. The summed E-state index contributed by atoms with van der Waals surface area (Å²) in [5.74, 6) is 0.497. The van der Waals surface area contributed by atoms with Crippen molar-refractivity contribution < 1.29 is 4.74 Å². The van der Waals surface area contributed by atoms with Crippen LogP contribution in [0.4, 0.5) is 0 Å². The molecule has 2 rings (SSSR count). The van der Waals surface area contributed by atoms with E-state index >= 15 is 0 Å². The summed E-state index contributed by atoms with van der Waals surface area (Å²) < 4.78 is 5.31. The molecule has 6 heteroatoms. The van der Waals surface area contributed by atoms with Crippen molar-refractivity contribution in [2.45, 2.75) is 19.4 Å². The first-order valence-electron chi connectivity index (χ1n) is 6.70. The lowest BCUT2D eigenvalue weighted by Gasteiger charge is -2.20. The molecule has 0 bridgehead atoms. The van der Waals surface area contributed by atoms with Crippen molar-refractivity contribution in [2.24, 2.45) is 0 Å². The first-order chi connectivity index (χ1) is 10.2. The average Bonchev–Trinajstić information content (AvgIpc) is 2.51. The second-order valence-corrected chi connectivity index (χ2v) is 5.33. The monoisotopic (exact) mass is 325 g/mol. The van der Waals surface area contributed by atoms with Gasteiger partial charge in [0.2, 0.25) is 5.88 Å². The second kappa shape index (κ2) is 7.59. The molecular weight excluding hydrogens is 309 g/mol. The summed E-state index contributed by atoms with van der Waals surface area (Å²) in [5.41, 5.74) is 1.70. The fourth-order valence-corrected chi connectivity index (χ4v) is 2.35. The van der Waals surface area contributed by atoms with Crippen molar-refractivity contribution in [3.8, 4) is 5.88 Å². The van der Waals surface area contributed by atoms with Crippen molar-refractivity contribution >= 4 is 23.2 Å². The van der Waals surface area contributed by atoms with Crippen LogP contribution in [-0.2, 0) is 0 Å². The topological polar surface area (TPSA) is 47.0 Å². The Kier molecular flexibility index (Phi) is 5.79. The van der Waals surface area contributed by atoms with Crippen LogP contribution in [0.3, 0.4) is 0 Å². The van der Waals surface area contributed by atoms with Crippen LogP contribution in [0.25, 0.3) is 0 Å². The highest BCUT2D eigenvalue weighted by atomic mass is 35.5. The standard InChI is InChI=1S/C15H17Cl2N3O/c1-3-6-18-13(10-4-5-11(16)12(17)9-10)14-15(21-2)20-8-7-19-14/h4-5,7-9,13,18H,3,6H2,1-2H3. The Balaban J connectivity index is 2.44. The summed E-state index contributed by atoms with van der Waals surface area (Å²) in [6.45, 7) is 2.94. The summed E-state index contributed by atoms with van der Waals surface area (Å²) in [4.78, 5) is 8.61. The third-order valence-corrected chi connectivity index (χ3v) is 3.77. The summed E-state index contributed by atoms with van der Waals surface area (Å²) >= 11 is 12.1. The summed E-state index contributed by atoms with van der Waals surface area (Å²) in [6.07, 6.45) is 4.25. The first-order valence-corrected chi connectivity index (χ1v) is 7.46. The van der Waals surface area contributed by atoms with Gasteiger partial charge in [0.15, 0.2) is 0 Å². The Bertz CT molecular complexity index is 607. The zero-order valence-electron chi connectivity index (χ0n) is 11.9. The maximum absolute atomic E-state index is 6.13. The smallest absolute Gasteiger partial charge is 0.237 e. The maximum atomic E-state index is 6.13. The number of halogens is 2. The molecule has 0 aliphatic rings. The van der Waals surface area contributed by atoms with Crippen LogP contribution in [-0.4, -0.2) is 23.6 Å². The van der Waals surface area contributed by atoms with Crippen LogP contribution in [0.2, 0.25) is 10.0 Å². The minimum Gasteiger partial charge on any atom is -0.480 e. The fourth-order valence-electron chi connectivity index (χ4n) is 2.04. The Hall–Kier alpha value is -1.36. The SMILES string of the molecule is CCCNC(c1ccc(Cl)c(Cl)c1)c1nccnc1OC. The summed E-state index contributed by atoms with van der Waals surface area (Å²) in [7, 11) is 1.58. The maximum Gasteiger partial charge on any atom is 0.237 e. The van der Waals surface area contributed by atoms with Gasteiger partial charge in [-0.1, -0.05) is 36.2 Å². The lowest BCUT2D eigenvalue weighted by Crippen LogP contribution is -2.25. The average molecular weight is 326 g/mol. The lowest BCUT2D eigenvalue weighted by atomic mass is 10.0. The molecular formula is C15H17Cl2N3O. The molecule has 21 heavy (non-hydrogen) atoms. The van der Waals surface area contributed by atoms with Crippen LogP contribution in [0.15, 0.2) is 30.6 Å². The summed E-state index contributed by atoms with van der Waals surface area (Å²) in [5, 5.41) is 4.48. The third-order valence-electron chi connectivity index (χ3n) is 3.03. The van der Waals surface area contributed by atoms with Crippen LogP contribution >= 0.6 is 23.2 Å². The molecule has 1 N–H and O–H groups in total. The molecule has 0 amide bonds. The second-order valence-electron chi connectivity index (χ2n) is 4.51. The molecule has 112 valence electrons. The van der Waals surface area contributed by atoms with E-state index in [2.05, 4.69) is 22.2 Å². The van der Waals surface area contributed by atoms with E-state index in [9.17, 15) is 0 Å². The van der Waals surface area contributed by atoms with Crippen molar-refractivity contribution in [2.75, 3.05) is 13.7 Å². The number of hydrogen-bond donors (Lipinski definition) is 1. The van der Waals surface area contributed by atoms with Crippen molar-refractivity contribution in [1.29, 1.82) is 0 Å². The molecule has 0 saturated carbocycles. The van der Waals surface area contributed by atoms with Gasteiger partial charge in [-0.15, -0.1) is 0 Å². The lowest BCUT2D eigenvalue weighted by molar-refractivity contribution is 0.382. The van der Waals surface area contributed by atoms with E-state index in [0.29, 0.717) is 15.9 Å². The van der Waals surface area contributed by atoms with Gasteiger partial charge in [-0.2, -0.15) is 0 Å². The van der Waals surface area contributed by atoms with Crippen LogP contribution in [0, 0.1) is 0 Å². The van der Waals surface area contributed by atoms with Gasteiger partial charge in [0.05, 0.1) is 23.2 Å². The van der Waals surface area contributed by atoms with Gasteiger partial charge in [0.1, 0.15) is 5.69 Å². The molecule has 0 saturated heterocycles. The van der Waals surface area contributed by atoms with E-state index in [1.807, 2.05) is 12.1 Å². The van der Waals surface area contributed by atoms with E-state index in [1.54, 1.807) is 25.6 Å². The zero-order valence-corrected chi connectivity index (χ0v) is 13.4. The van der Waals surface area contributed by atoms with Gasteiger partial charge in [-0.05, 0) is 30.7 Å². The number of ether oxygens (including phenoxy) is 1. The molecule has 0 radical (unpaired) electrons. The van der Waals surface area contributed by atoms with Gasteiger partial charge in [0.25, 0.3) is 0 Å². The molecule has 4 nitrogen and oxygen atoms in total. The molecule has 1 atom stereocenters. The van der Waals surface area contributed by atoms with E-state index in [1.165, 1.54) is 0 Å². The minimum absolute atomic E-state index is 0.150. The van der Waals surface area contributed by atoms with E-state index in [4.69, 9.17) is 27.9 Å². The summed E-state index contributed by atoms with van der Waals surface area (Å²) in [6, 6.07) is 5.40. The zero-order chi connectivity index (χ0) is 15.2. The number of nitrogens with one attached hydrogen (secondary N) is 1. The number of hydrogen-bond acceptors (Lipinski definition) is 4. The quantitative estimate of drug-likeness (QED) is 0.875. The Morgan fingerprint density at radius 3 is 2.62 bits per heavy atom. The molecule has 0 aliphatic heterocycles. The van der Waals surface area contributed by atoms with Crippen molar-refractivity contribution in [1.82, 2.24) is 15.3 Å². The number of methoxy groups -OCH3 is 1. The number of benzene rings is 1. The number of nitrogens with zero attached hydrogens (tertiary/aromatic N) is 2. The van der Waals surface area contributed by atoms with Crippen molar-refractivity contribution in [3.63, 3.8) is 0 Å². The van der Waals surface area contributed by atoms with Gasteiger partial charge in [-0.25, -0.2) is 4.98 Å². The van der Waals surface area contributed by atoms with Gasteiger partial charge in [0, 0.05) is 12.4 Å². The molecule has 1 aromatic carbocycles. The molecule has 0 aliphatic carbocycles. The van der Waals surface area contributed by atoms with Crippen molar-refractivity contribution in [3.05, 3.63) is 51.9 Å². The van der Waals surface area contributed by atoms with E-state index < -0.39 is 0 Å². The van der Waals surface area contributed by atoms with E-state index in [0.717, 1.165) is 24.2 Å². The fraction of sp³-hybridized carbons (Fsp3) is 0.333. The predicted octanol–water partition coefficient (Wildman–Crippen LogP) is 3.88. The highest BCUT2D eigenvalue weighted by Crippen LogP contribution is 2.30. The van der Waals surface area contributed by atoms with E-state index in [-0.39, 0.29) is 6.04 Å². The molecule has 1 heterocycles. The largest absolute Gasteiger partial charge is 0.480 e. The van der Waals surface area contributed by atoms with Gasteiger partial charge >= 0.3 is 0 Å². The highest BCUT2D eigenvalue weighted by Gasteiger charge is 2.20. The Morgan fingerprint density at radius 1 is 1.19 bits per heavy atom. The normalized spacial score (nSPS) is 12.2. The molecule has 1 aromatic heterocycles. The van der Waals surface area contributed by atoms with Crippen LogP contribution < -0.4 is 10.1 Å². The van der Waals surface area contributed by atoms with Gasteiger partial charge < -0.3 is 10.1 Å². The molecule has 2 aromatic rings. The third kappa shape index (κ3) is 3.84.